The van der Waals surface area contributed by atoms with Gasteiger partial charge < -0.3 is 10.9 Å². The molecular formula is C13H12N2O. The van der Waals surface area contributed by atoms with Crippen molar-refractivity contribution in [3.63, 3.8) is 0 Å². The summed E-state index contributed by atoms with van der Waals surface area (Å²) >= 11 is 0. The molecule has 0 fully saturated rings. The van der Waals surface area contributed by atoms with Crippen LogP contribution in [-0.4, -0.2) is 11.3 Å². The van der Waals surface area contributed by atoms with E-state index in [4.69, 9.17) is 5.84 Å². The predicted octanol–water partition coefficient (Wildman–Crippen LogP) is 2.35. The summed E-state index contributed by atoms with van der Waals surface area (Å²) in [5, 5.41) is 12.8. The van der Waals surface area contributed by atoms with Crippen LogP contribution in [0.3, 0.4) is 0 Å². The number of phenols is 1. The molecule has 0 aliphatic heterocycles. The number of benzene rings is 2. The third-order valence-electron chi connectivity index (χ3n) is 2.31. The monoisotopic (exact) mass is 212 g/mol. The molecule has 2 aromatic rings. The molecular weight excluding hydrogens is 200 g/mol. The second-order valence-corrected chi connectivity index (χ2v) is 3.45. The molecule has 0 saturated carbocycles. The minimum atomic E-state index is 0.269. The van der Waals surface area contributed by atoms with Gasteiger partial charge in [-0.05, 0) is 28.8 Å². The van der Waals surface area contributed by atoms with Crippen molar-refractivity contribution < 1.29 is 5.11 Å². The average Bonchev–Trinajstić information content (AvgIpc) is 2.30. The van der Waals surface area contributed by atoms with Crippen LogP contribution >= 0.6 is 0 Å². The molecule has 0 bridgehead atoms. The molecule has 80 valence electrons. The van der Waals surface area contributed by atoms with Crippen LogP contribution in [0, 0.1) is 0 Å². The lowest BCUT2D eigenvalue weighted by Crippen LogP contribution is -1.86. The molecule has 2 aromatic carbocycles. The lowest BCUT2D eigenvalue weighted by atomic mass is 10.0. The zero-order valence-electron chi connectivity index (χ0n) is 8.67. The van der Waals surface area contributed by atoms with E-state index >= 15 is 0 Å². The quantitative estimate of drug-likeness (QED) is 0.456. The van der Waals surface area contributed by atoms with Gasteiger partial charge in [-0.1, -0.05) is 36.4 Å². The van der Waals surface area contributed by atoms with Crippen molar-refractivity contribution in [2.24, 2.45) is 10.9 Å². The lowest BCUT2D eigenvalue weighted by Gasteiger charge is -2.02. The maximum Gasteiger partial charge on any atom is 0.116 e. The van der Waals surface area contributed by atoms with Gasteiger partial charge in [-0.25, -0.2) is 0 Å². The molecule has 16 heavy (non-hydrogen) atoms. The molecule has 0 spiro atoms. The second kappa shape index (κ2) is 4.49. The Hall–Kier alpha value is -2.29. The van der Waals surface area contributed by atoms with Crippen LogP contribution in [0.5, 0.6) is 5.75 Å². The Morgan fingerprint density at radius 3 is 2.38 bits per heavy atom. The van der Waals surface area contributed by atoms with Gasteiger partial charge in [0.2, 0.25) is 0 Å². The first kappa shape index (κ1) is 10.2. The summed E-state index contributed by atoms with van der Waals surface area (Å²) in [6.45, 7) is 0. The van der Waals surface area contributed by atoms with Crippen LogP contribution in [0.4, 0.5) is 0 Å². The Morgan fingerprint density at radius 1 is 1.00 bits per heavy atom. The molecule has 0 aromatic heterocycles. The molecule has 0 atom stereocenters. The maximum absolute atomic E-state index is 9.38. The first-order chi connectivity index (χ1) is 7.79. The molecule has 0 aliphatic carbocycles. The Kier molecular flexibility index (Phi) is 2.87. The van der Waals surface area contributed by atoms with Crippen LogP contribution in [0.1, 0.15) is 5.56 Å². The van der Waals surface area contributed by atoms with Gasteiger partial charge in [0.05, 0.1) is 6.21 Å². The summed E-state index contributed by atoms with van der Waals surface area (Å²) < 4.78 is 0. The van der Waals surface area contributed by atoms with Gasteiger partial charge in [-0.15, -0.1) is 0 Å². The molecule has 3 heteroatoms. The number of aromatic hydroxyl groups is 1. The second-order valence-electron chi connectivity index (χ2n) is 3.45. The molecule has 0 aliphatic rings. The van der Waals surface area contributed by atoms with Gasteiger partial charge in [0.15, 0.2) is 0 Å². The molecule has 3 N–H and O–H groups in total. The zero-order valence-corrected chi connectivity index (χ0v) is 8.67. The van der Waals surface area contributed by atoms with E-state index in [1.807, 2.05) is 36.4 Å². The Balaban J connectivity index is 2.34. The van der Waals surface area contributed by atoms with Crippen LogP contribution in [0.15, 0.2) is 53.6 Å². The highest BCUT2D eigenvalue weighted by molar-refractivity contribution is 5.80. The molecule has 0 saturated heterocycles. The van der Waals surface area contributed by atoms with E-state index in [0.29, 0.717) is 0 Å². The number of hydrogen-bond donors (Lipinski definition) is 2. The highest BCUT2D eigenvalue weighted by Crippen LogP contribution is 2.23. The normalized spacial score (nSPS) is 10.8. The SMILES string of the molecule is NN=Cc1ccc(-c2cccc(O)c2)cc1. The highest BCUT2D eigenvalue weighted by atomic mass is 16.3. The van der Waals surface area contributed by atoms with Gasteiger partial charge in [0.1, 0.15) is 5.75 Å². The van der Waals surface area contributed by atoms with Crippen molar-refractivity contribution in [3.8, 4) is 16.9 Å². The summed E-state index contributed by atoms with van der Waals surface area (Å²) in [7, 11) is 0. The fraction of sp³-hybridized carbons (Fsp3) is 0. The predicted molar refractivity (Wildman–Crippen MR) is 65.3 cm³/mol. The van der Waals surface area contributed by atoms with E-state index in [1.165, 1.54) is 0 Å². The van der Waals surface area contributed by atoms with E-state index in [1.54, 1.807) is 18.3 Å². The van der Waals surface area contributed by atoms with Gasteiger partial charge in [0, 0.05) is 0 Å². The van der Waals surface area contributed by atoms with Crippen molar-refractivity contribution in [1.82, 2.24) is 0 Å². The van der Waals surface area contributed by atoms with Gasteiger partial charge >= 0.3 is 0 Å². The molecule has 2 rings (SSSR count). The van der Waals surface area contributed by atoms with E-state index in [0.717, 1.165) is 16.7 Å². The minimum Gasteiger partial charge on any atom is -0.508 e. The fourth-order valence-corrected chi connectivity index (χ4v) is 1.53. The number of hydrazone groups is 1. The third-order valence-corrected chi connectivity index (χ3v) is 2.31. The van der Waals surface area contributed by atoms with E-state index in [2.05, 4.69) is 5.10 Å². The first-order valence-electron chi connectivity index (χ1n) is 4.92. The highest BCUT2D eigenvalue weighted by Gasteiger charge is 1.98. The van der Waals surface area contributed by atoms with Crippen molar-refractivity contribution in [2.75, 3.05) is 0 Å². The van der Waals surface area contributed by atoms with E-state index in [9.17, 15) is 5.11 Å². The lowest BCUT2D eigenvalue weighted by molar-refractivity contribution is 0.475. The van der Waals surface area contributed by atoms with Crippen molar-refractivity contribution >= 4 is 6.21 Å². The summed E-state index contributed by atoms with van der Waals surface area (Å²) in [4.78, 5) is 0. The van der Waals surface area contributed by atoms with Crippen molar-refractivity contribution in [3.05, 3.63) is 54.1 Å². The van der Waals surface area contributed by atoms with E-state index in [-0.39, 0.29) is 5.75 Å². The first-order valence-corrected chi connectivity index (χ1v) is 4.92. The largest absolute Gasteiger partial charge is 0.508 e. The Labute approximate surface area is 93.9 Å². The van der Waals surface area contributed by atoms with Crippen molar-refractivity contribution in [1.29, 1.82) is 0 Å². The van der Waals surface area contributed by atoms with Crippen LogP contribution in [0.2, 0.25) is 0 Å². The number of nitrogens with two attached hydrogens (primary N) is 1. The molecule has 0 unspecified atom stereocenters. The van der Waals surface area contributed by atoms with E-state index < -0.39 is 0 Å². The van der Waals surface area contributed by atoms with Crippen LogP contribution < -0.4 is 5.84 Å². The molecule has 3 nitrogen and oxygen atoms in total. The number of nitrogens with zero attached hydrogens (tertiary/aromatic N) is 1. The Bertz CT molecular complexity index is 504. The van der Waals surface area contributed by atoms with Gasteiger partial charge in [0.25, 0.3) is 0 Å². The molecule has 0 heterocycles. The summed E-state index contributed by atoms with van der Waals surface area (Å²) in [5.74, 6) is 5.33. The fourth-order valence-electron chi connectivity index (χ4n) is 1.53. The van der Waals surface area contributed by atoms with Crippen molar-refractivity contribution in [2.45, 2.75) is 0 Å². The maximum atomic E-state index is 9.38. The average molecular weight is 212 g/mol. The Morgan fingerprint density at radius 2 is 1.75 bits per heavy atom. The summed E-state index contributed by atoms with van der Waals surface area (Å²) in [5.41, 5.74) is 2.98. The van der Waals surface area contributed by atoms with Gasteiger partial charge in [-0.3, -0.25) is 0 Å². The molecule has 0 amide bonds. The number of hydrogen-bond acceptors (Lipinski definition) is 3. The standard InChI is InChI=1S/C13H12N2O/c14-15-9-10-4-6-11(7-5-10)12-2-1-3-13(16)8-12/h1-9,16H,14H2. The topological polar surface area (TPSA) is 58.6 Å². The number of phenolic OH excluding ortho intramolecular Hbond substituents is 1. The van der Waals surface area contributed by atoms with Crippen LogP contribution in [0.25, 0.3) is 11.1 Å². The minimum absolute atomic E-state index is 0.269. The third kappa shape index (κ3) is 2.20. The smallest absolute Gasteiger partial charge is 0.116 e. The van der Waals surface area contributed by atoms with Gasteiger partial charge in [-0.2, -0.15) is 5.10 Å². The zero-order chi connectivity index (χ0) is 11.4. The summed E-state index contributed by atoms with van der Waals surface area (Å²) in [6, 6.07) is 14.9. The molecule has 0 radical (unpaired) electrons. The summed E-state index contributed by atoms with van der Waals surface area (Å²) in [6.07, 6.45) is 1.59. The van der Waals surface area contributed by atoms with Crippen LogP contribution in [-0.2, 0) is 0 Å². The number of rotatable bonds is 2.